The topological polar surface area (TPSA) is 29.9 Å². The SMILES string of the molecule is CCNCCCSc1nccn1C. The first-order valence-corrected chi connectivity index (χ1v) is 5.64. The number of aryl methyl sites for hydroxylation is 1. The highest BCUT2D eigenvalue weighted by Crippen LogP contribution is 2.14. The summed E-state index contributed by atoms with van der Waals surface area (Å²) in [6.07, 6.45) is 5.02. The Balaban J connectivity index is 2.10. The van der Waals surface area contributed by atoms with Crippen LogP contribution in [-0.2, 0) is 7.05 Å². The number of thioether (sulfide) groups is 1. The van der Waals surface area contributed by atoms with Crippen LogP contribution < -0.4 is 5.32 Å². The maximum atomic E-state index is 4.24. The lowest BCUT2D eigenvalue weighted by Gasteiger charge is -2.01. The number of imidazole rings is 1. The van der Waals surface area contributed by atoms with E-state index in [2.05, 4.69) is 21.8 Å². The number of hydrogen-bond donors (Lipinski definition) is 1. The molecule has 0 spiro atoms. The Kier molecular flexibility index (Phi) is 4.93. The molecule has 1 aromatic rings. The van der Waals surface area contributed by atoms with Gasteiger partial charge in [-0.3, -0.25) is 0 Å². The number of nitrogens with one attached hydrogen (secondary N) is 1. The first kappa shape index (κ1) is 10.6. The summed E-state index contributed by atoms with van der Waals surface area (Å²) in [4.78, 5) is 4.24. The van der Waals surface area contributed by atoms with Crippen LogP contribution in [0.3, 0.4) is 0 Å². The molecule has 1 aromatic heterocycles. The molecule has 13 heavy (non-hydrogen) atoms. The van der Waals surface area contributed by atoms with E-state index in [1.54, 1.807) is 0 Å². The summed E-state index contributed by atoms with van der Waals surface area (Å²) in [5.41, 5.74) is 0. The molecular formula is C9H17N3S. The summed E-state index contributed by atoms with van der Waals surface area (Å²) >= 11 is 1.82. The highest BCUT2D eigenvalue weighted by atomic mass is 32.2. The summed E-state index contributed by atoms with van der Waals surface area (Å²) in [7, 11) is 2.03. The fourth-order valence-corrected chi connectivity index (χ4v) is 1.90. The Bertz CT molecular complexity index is 235. The van der Waals surface area contributed by atoms with Gasteiger partial charge in [0.05, 0.1) is 0 Å². The fourth-order valence-electron chi connectivity index (χ4n) is 1.03. The molecule has 0 atom stereocenters. The monoisotopic (exact) mass is 199 g/mol. The third kappa shape index (κ3) is 3.83. The highest BCUT2D eigenvalue weighted by molar-refractivity contribution is 7.99. The van der Waals surface area contributed by atoms with Crippen LogP contribution in [0, 0.1) is 0 Å². The van der Waals surface area contributed by atoms with Crippen LogP contribution in [0.4, 0.5) is 0 Å². The average molecular weight is 199 g/mol. The van der Waals surface area contributed by atoms with Gasteiger partial charge in [-0.1, -0.05) is 18.7 Å². The molecule has 0 aliphatic carbocycles. The van der Waals surface area contributed by atoms with Gasteiger partial charge in [-0.2, -0.15) is 0 Å². The van der Waals surface area contributed by atoms with Crippen LogP contribution >= 0.6 is 11.8 Å². The maximum Gasteiger partial charge on any atom is 0.167 e. The number of hydrogen-bond acceptors (Lipinski definition) is 3. The standard InChI is InChI=1S/C9H17N3S/c1-3-10-5-4-8-13-9-11-6-7-12(9)2/h6-7,10H,3-5,8H2,1-2H3. The lowest BCUT2D eigenvalue weighted by molar-refractivity contribution is 0.705. The van der Waals surface area contributed by atoms with E-state index in [0.717, 1.165) is 24.0 Å². The summed E-state index contributed by atoms with van der Waals surface area (Å²) in [5, 5.41) is 4.41. The zero-order chi connectivity index (χ0) is 9.52. The third-order valence-corrected chi connectivity index (χ3v) is 2.90. The zero-order valence-corrected chi connectivity index (χ0v) is 9.10. The van der Waals surface area contributed by atoms with E-state index in [1.807, 2.05) is 31.2 Å². The predicted octanol–water partition coefficient (Wildman–Crippen LogP) is 1.51. The maximum absolute atomic E-state index is 4.24. The first-order chi connectivity index (χ1) is 6.34. The molecule has 0 aromatic carbocycles. The Morgan fingerprint density at radius 1 is 1.62 bits per heavy atom. The molecule has 74 valence electrons. The van der Waals surface area contributed by atoms with Crippen LogP contribution in [0.15, 0.2) is 17.6 Å². The second kappa shape index (κ2) is 6.05. The first-order valence-electron chi connectivity index (χ1n) is 4.65. The Labute approximate surface area is 83.9 Å². The highest BCUT2D eigenvalue weighted by Gasteiger charge is 1.98. The van der Waals surface area contributed by atoms with Crippen molar-refractivity contribution in [1.82, 2.24) is 14.9 Å². The van der Waals surface area contributed by atoms with Gasteiger partial charge in [0.15, 0.2) is 5.16 Å². The predicted molar refractivity (Wildman–Crippen MR) is 57.1 cm³/mol. The van der Waals surface area contributed by atoms with Gasteiger partial charge in [0, 0.05) is 25.2 Å². The van der Waals surface area contributed by atoms with Gasteiger partial charge in [-0.15, -0.1) is 0 Å². The van der Waals surface area contributed by atoms with Gasteiger partial charge >= 0.3 is 0 Å². The van der Waals surface area contributed by atoms with Gasteiger partial charge in [0.25, 0.3) is 0 Å². The van der Waals surface area contributed by atoms with Crippen molar-refractivity contribution in [3.05, 3.63) is 12.4 Å². The van der Waals surface area contributed by atoms with E-state index in [4.69, 9.17) is 0 Å². The van der Waals surface area contributed by atoms with Crippen LogP contribution in [0.5, 0.6) is 0 Å². The second-order valence-corrected chi connectivity index (χ2v) is 3.94. The van der Waals surface area contributed by atoms with Gasteiger partial charge in [0.2, 0.25) is 0 Å². The van der Waals surface area contributed by atoms with Crippen LogP contribution in [0.2, 0.25) is 0 Å². The molecule has 1 heterocycles. The van der Waals surface area contributed by atoms with Crippen LogP contribution in [0.1, 0.15) is 13.3 Å². The molecule has 0 bridgehead atoms. The average Bonchev–Trinajstić information content (AvgIpc) is 2.52. The van der Waals surface area contributed by atoms with E-state index in [0.29, 0.717) is 0 Å². The molecule has 0 aliphatic heterocycles. The Morgan fingerprint density at radius 3 is 3.08 bits per heavy atom. The molecule has 0 radical (unpaired) electrons. The molecule has 0 amide bonds. The van der Waals surface area contributed by atoms with Crippen molar-refractivity contribution in [3.8, 4) is 0 Å². The normalized spacial score (nSPS) is 10.6. The quantitative estimate of drug-likeness (QED) is 0.556. The molecule has 0 unspecified atom stereocenters. The van der Waals surface area contributed by atoms with E-state index in [-0.39, 0.29) is 0 Å². The van der Waals surface area contributed by atoms with Crippen molar-refractivity contribution in [2.45, 2.75) is 18.5 Å². The van der Waals surface area contributed by atoms with Gasteiger partial charge in [0.1, 0.15) is 0 Å². The molecule has 0 fully saturated rings. The largest absolute Gasteiger partial charge is 0.329 e. The van der Waals surface area contributed by atoms with Crippen molar-refractivity contribution >= 4 is 11.8 Å². The van der Waals surface area contributed by atoms with Crippen molar-refractivity contribution < 1.29 is 0 Å². The minimum atomic E-state index is 1.06. The smallest absolute Gasteiger partial charge is 0.167 e. The molecule has 1 rings (SSSR count). The lowest BCUT2D eigenvalue weighted by Crippen LogP contribution is -2.14. The fraction of sp³-hybridized carbons (Fsp3) is 0.667. The minimum Gasteiger partial charge on any atom is -0.329 e. The van der Waals surface area contributed by atoms with E-state index in [9.17, 15) is 0 Å². The van der Waals surface area contributed by atoms with Crippen LogP contribution in [-0.4, -0.2) is 28.4 Å². The number of aromatic nitrogens is 2. The van der Waals surface area contributed by atoms with Crippen molar-refractivity contribution in [1.29, 1.82) is 0 Å². The van der Waals surface area contributed by atoms with Crippen LogP contribution in [0.25, 0.3) is 0 Å². The summed E-state index contributed by atoms with van der Waals surface area (Å²) in [6, 6.07) is 0. The summed E-state index contributed by atoms with van der Waals surface area (Å²) < 4.78 is 2.05. The van der Waals surface area contributed by atoms with Crippen molar-refractivity contribution in [2.24, 2.45) is 7.05 Å². The van der Waals surface area contributed by atoms with Gasteiger partial charge in [-0.25, -0.2) is 4.98 Å². The number of nitrogens with zero attached hydrogens (tertiary/aromatic N) is 2. The molecule has 0 saturated heterocycles. The van der Waals surface area contributed by atoms with E-state index in [1.165, 1.54) is 6.42 Å². The molecule has 0 aliphatic rings. The van der Waals surface area contributed by atoms with Crippen molar-refractivity contribution in [2.75, 3.05) is 18.8 Å². The number of rotatable bonds is 6. The summed E-state index contributed by atoms with van der Waals surface area (Å²) in [5.74, 6) is 1.14. The zero-order valence-electron chi connectivity index (χ0n) is 8.29. The van der Waals surface area contributed by atoms with E-state index < -0.39 is 0 Å². The Morgan fingerprint density at radius 2 is 2.46 bits per heavy atom. The van der Waals surface area contributed by atoms with E-state index >= 15 is 0 Å². The van der Waals surface area contributed by atoms with Gasteiger partial charge < -0.3 is 9.88 Å². The molecular weight excluding hydrogens is 182 g/mol. The van der Waals surface area contributed by atoms with Crippen molar-refractivity contribution in [3.63, 3.8) is 0 Å². The lowest BCUT2D eigenvalue weighted by atomic mass is 10.5. The summed E-state index contributed by atoms with van der Waals surface area (Å²) in [6.45, 7) is 4.30. The molecule has 0 saturated carbocycles. The Hall–Kier alpha value is -0.480. The third-order valence-electron chi connectivity index (χ3n) is 1.76. The van der Waals surface area contributed by atoms with Gasteiger partial charge in [-0.05, 0) is 19.5 Å². The minimum absolute atomic E-state index is 1.06. The second-order valence-electron chi connectivity index (χ2n) is 2.88. The molecule has 1 N–H and O–H groups in total. The molecule has 4 heteroatoms. The molecule has 3 nitrogen and oxygen atoms in total.